The van der Waals surface area contributed by atoms with Crippen LogP contribution in [0.2, 0.25) is 0 Å². The Hall–Kier alpha value is -0.680. The molecule has 0 aliphatic heterocycles. The van der Waals surface area contributed by atoms with Crippen molar-refractivity contribution >= 4 is 16.8 Å². The first-order valence-electron chi connectivity index (χ1n) is 2.82. The zero-order valence-electron chi connectivity index (χ0n) is 6.78. The summed E-state index contributed by atoms with van der Waals surface area (Å²) in [5.74, 6) is -0.479. The summed E-state index contributed by atoms with van der Waals surface area (Å²) in [7, 11) is -0.264. The van der Waals surface area contributed by atoms with Crippen molar-refractivity contribution in [2.45, 2.75) is 0 Å². The molecule has 0 rings (SSSR count). The maximum Gasteiger partial charge on any atom is 0.131 e. The normalized spacial score (nSPS) is 9.36. The number of hydrogen-bond donors (Lipinski definition) is 0. The average Bonchev–Trinajstić information content (AvgIpc) is 1.58. The molecule has 0 saturated carbocycles. The van der Waals surface area contributed by atoms with Crippen LogP contribution in [-0.2, 0) is 10.1 Å². The molecule has 0 aliphatic rings. The van der Waals surface area contributed by atoms with Crippen molar-refractivity contribution in [1.82, 2.24) is 0 Å². The van der Waals surface area contributed by atoms with E-state index in [1.165, 1.54) is 0 Å². The van der Waals surface area contributed by atoms with Crippen LogP contribution >= 0.6 is 0 Å². The summed E-state index contributed by atoms with van der Waals surface area (Å²) in [6.07, 6.45) is 1.06. The van der Waals surface area contributed by atoms with Gasteiger partial charge in [0, 0.05) is 0 Å². The second-order valence-corrected chi connectivity index (χ2v) is 3.54. The van der Waals surface area contributed by atoms with Crippen LogP contribution in [0.25, 0.3) is 0 Å². The fourth-order valence-corrected chi connectivity index (χ4v) is 0.433. The van der Waals surface area contributed by atoms with Crippen molar-refractivity contribution in [3.8, 4) is 0 Å². The van der Waals surface area contributed by atoms with Crippen LogP contribution in [-0.4, -0.2) is 44.1 Å². The topological polar surface area (TPSA) is 60.2 Å². The maximum absolute atomic E-state index is 9.60. The molecular weight excluding hydrogens is 166 g/mol. The van der Waals surface area contributed by atoms with Gasteiger partial charge < -0.3 is 4.55 Å². The van der Waals surface area contributed by atoms with Gasteiger partial charge in [-0.3, -0.25) is 0 Å². The first kappa shape index (κ1) is 12.9. The van der Waals surface area contributed by atoms with Crippen molar-refractivity contribution in [1.29, 1.82) is 0 Å². The number of rotatable bonds is 2. The Morgan fingerprint density at radius 3 is 1.82 bits per heavy atom. The minimum absolute atomic E-state index is 0.479. The Bertz CT molecular complexity index is 214. The van der Waals surface area contributed by atoms with Crippen LogP contribution in [0, 0.1) is 0 Å². The van der Waals surface area contributed by atoms with Gasteiger partial charge in [0.1, 0.15) is 20.8 Å². The molecule has 0 N–H and O–H groups in total. The highest BCUT2D eigenvalue weighted by atomic mass is 32.2. The largest absolute Gasteiger partial charge is 0.748 e. The van der Waals surface area contributed by atoms with Gasteiger partial charge in [0.15, 0.2) is 0 Å². The molecule has 4 nitrogen and oxygen atoms in total. The molecule has 0 spiro atoms. The summed E-state index contributed by atoms with van der Waals surface area (Å²) >= 11 is 0. The highest BCUT2D eigenvalue weighted by Crippen LogP contribution is 1.78. The van der Waals surface area contributed by atoms with Crippen molar-refractivity contribution in [2.24, 2.45) is 0 Å². The van der Waals surface area contributed by atoms with Crippen molar-refractivity contribution in [3.05, 3.63) is 12.7 Å². The summed E-state index contributed by atoms with van der Waals surface area (Å²) in [6.45, 7) is 6.54. The third-order valence-corrected chi connectivity index (χ3v) is 0.966. The zero-order chi connectivity index (χ0) is 9.49. The first-order chi connectivity index (χ1) is 4.79. The van der Waals surface area contributed by atoms with E-state index in [0.717, 1.165) is 6.08 Å². The molecule has 0 atom stereocenters. The summed E-state index contributed by atoms with van der Waals surface area (Å²) < 4.78 is 30.6. The fourth-order valence-electron chi connectivity index (χ4n) is 0.144. The highest BCUT2D eigenvalue weighted by Gasteiger charge is 1.83. The quantitative estimate of drug-likeness (QED) is 0.252. The van der Waals surface area contributed by atoms with Gasteiger partial charge in [-0.15, -0.1) is 6.58 Å². The molecule has 5 heteroatoms. The van der Waals surface area contributed by atoms with Gasteiger partial charge in [-0.2, -0.15) is 0 Å². The Morgan fingerprint density at radius 2 is 1.82 bits per heavy atom. The predicted octanol–water partition coefficient (Wildman–Crippen LogP) is -0.323. The third kappa shape index (κ3) is 45.3. The Kier molecular flexibility index (Phi) is 7.13. The lowest BCUT2D eigenvalue weighted by atomic mass is 10.8. The van der Waals surface area contributed by atoms with Crippen LogP contribution < -0.4 is 0 Å². The fraction of sp³-hybridized carbons (Fsp3) is 0.500. The average molecular weight is 179 g/mol. The van der Waals surface area contributed by atoms with Gasteiger partial charge in [-0.1, -0.05) is 6.08 Å². The molecule has 11 heavy (non-hydrogen) atoms. The molecule has 0 bridgehead atoms. The molecule has 0 aromatic rings. The minimum atomic E-state index is -4.04. The third-order valence-electron chi connectivity index (χ3n) is 0.322. The van der Waals surface area contributed by atoms with Gasteiger partial charge >= 0.3 is 0 Å². The van der Waals surface area contributed by atoms with Crippen LogP contribution in [0.1, 0.15) is 0 Å². The Morgan fingerprint density at radius 1 is 1.55 bits per heavy atom. The van der Waals surface area contributed by atoms with Gasteiger partial charge in [0.25, 0.3) is 0 Å². The van der Waals surface area contributed by atoms with E-state index in [1.807, 2.05) is 14.1 Å². The molecule has 0 amide bonds. The van der Waals surface area contributed by atoms with Gasteiger partial charge in [0.05, 0.1) is 15.9 Å². The smallest absolute Gasteiger partial charge is 0.131 e. The molecule has 0 heterocycles. The lowest BCUT2D eigenvalue weighted by Gasteiger charge is -1.98. The van der Waals surface area contributed by atoms with E-state index in [1.54, 1.807) is 4.58 Å². The van der Waals surface area contributed by atoms with E-state index >= 15 is 0 Å². The van der Waals surface area contributed by atoms with Crippen molar-refractivity contribution in [3.63, 3.8) is 0 Å². The van der Waals surface area contributed by atoms with Gasteiger partial charge in [-0.25, -0.2) is 13.0 Å². The lowest BCUT2D eigenvalue weighted by molar-refractivity contribution is -0.454. The zero-order valence-corrected chi connectivity index (χ0v) is 7.60. The molecule has 0 fully saturated rings. The van der Waals surface area contributed by atoms with Crippen LogP contribution in [0.5, 0.6) is 0 Å². The van der Waals surface area contributed by atoms with Gasteiger partial charge in [-0.05, 0) is 0 Å². The van der Waals surface area contributed by atoms with Crippen molar-refractivity contribution < 1.29 is 17.5 Å². The summed E-state index contributed by atoms with van der Waals surface area (Å²) in [5, 5.41) is 0. The maximum atomic E-state index is 9.60. The highest BCUT2D eigenvalue weighted by molar-refractivity contribution is 7.85. The Balaban J connectivity index is 0. The second-order valence-electron chi connectivity index (χ2n) is 2.09. The number of nitrogens with zero attached hydrogens (tertiary/aromatic N) is 1. The molecule has 66 valence electrons. The monoisotopic (exact) mass is 179 g/mol. The lowest BCUT2D eigenvalue weighted by Crippen LogP contribution is -1.99. The second kappa shape index (κ2) is 6.06. The number of hydrogen-bond acceptors (Lipinski definition) is 3. The standard InChI is InChI=1S/C3H8N.C3H6O3S/c1-4(2)3;1-2-3-7(4,5)6/h1H2,2-3H3;2H,1,3H2,(H,4,5,6)/q+1;/p-1. The van der Waals surface area contributed by atoms with E-state index in [-0.39, 0.29) is 0 Å². The summed E-state index contributed by atoms with van der Waals surface area (Å²) in [6, 6.07) is 0. The Labute approximate surface area is 67.6 Å². The van der Waals surface area contributed by atoms with Crippen LogP contribution in [0.4, 0.5) is 0 Å². The molecule has 0 aromatic carbocycles. The molecule has 0 saturated heterocycles. The van der Waals surface area contributed by atoms with Crippen LogP contribution in [0.15, 0.2) is 12.7 Å². The van der Waals surface area contributed by atoms with Crippen molar-refractivity contribution in [2.75, 3.05) is 19.8 Å². The summed E-state index contributed by atoms with van der Waals surface area (Å²) in [4.78, 5) is 0. The minimum Gasteiger partial charge on any atom is -0.748 e. The van der Waals surface area contributed by atoms with E-state index < -0.39 is 15.9 Å². The van der Waals surface area contributed by atoms with Gasteiger partial charge in [0.2, 0.25) is 0 Å². The van der Waals surface area contributed by atoms with Crippen LogP contribution in [0.3, 0.4) is 0 Å². The first-order valence-corrected chi connectivity index (χ1v) is 4.39. The summed E-state index contributed by atoms with van der Waals surface area (Å²) in [5.41, 5.74) is 0. The molecule has 0 radical (unpaired) electrons. The molecule has 0 aliphatic carbocycles. The molecule has 0 unspecified atom stereocenters. The van der Waals surface area contributed by atoms with E-state index in [9.17, 15) is 13.0 Å². The van der Waals surface area contributed by atoms with E-state index in [4.69, 9.17) is 0 Å². The SMILES string of the molecule is C=CCS(=O)(=O)[O-].C=[N+](C)C. The predicted molar refractivity (Wildman–Crippen MR) is 44.0 cm³/mol. The van der Waals surface area contributed by atoms with E-state index in [2.05, 4.69) is 13.3 Å². The van der Waals surface area contributed by atoms with E-state index in [0.29, 0.717) is 0 Å². The molecular formula is C6H13NO3S. The molecule has 0 aromatic heterocycles.